The molecule has 2 aromatic carbocycles. The van der Waals surface area contributed by atoms with Crippen LogP contribution in [0.1, 0.15) is 29.9 Å². The van der Waals surface area contributed by atoms with Crippen LogP contribution < -0.4 is 4.90 Å². The van der Waals surface area contributed by atoms with Gasteiger partial charge in [-0.15, -0.1) is 29.8 Å². The fourth-order valence-corrected chi connectivity index (χ4v) is 7.82. The minimum absolute atomic E-state index is 0.0534. The van der Waals surface area contributed by atoms with Crippen molar-refractivity contribution in [3.05, 3.63) is 83.7 Å². The Labute approximate surface area is 238 Å². The third-order valence-electron chi connectivity index (χ3n) is 8.70. The number of rotatable bonds is 4. The van der Waals surface area contributed by atoms with Crippen molar-refractivity contribution in [2.24, 2.45) is 17.8 Å². The van der Waals surface area contributed by atoms with Crippen LogP contribution in [0.25, 0.3) is 0 Å². The van der Waals surface area contributed by atoms with Crippen molar-refractivity contribution in [2.75, 3.05) is 4.90 Å². The number of hydroxylamine groups is 2. The summed E-state index contributed by atoms with van der Waals surface area (Å²) in [7, 11) is 0. The molecule has 4 amide bonds. The van der Waals surface area contributed by atoms with E-state index >= 15 is 0 Å². The maximum Gasteiger partial charge on any atom is 0.258 e. The third kappa shape index (κ3) is 3.28. The van der Waals surface area contributed by atoms with Gasteiger partial charge < -0.3 is 5.11 Å². The molecule has 4 aliphatic rings. The van der Waals surface area contributed by atoms with Gasteiger partial charge in [0.05, 0.1) is 17.5 Å². The molecule has 40 heavy (non-hydrogen) atoms. The van der Waals surface area contributed by atoms with Crippen molar-refractivity contribution in [1.29, 1.82) is 0 Å². The fourth-order valence-electron chi connectivity index (χ4n) is 6.89. The average Bonchev–Trinajstić information content (AvgIpc) is 3.24. The van der Waals surface area contributed by atoms with Crippen molar-refractivity contribution < 1.29 is 33.9 Å². The van der Waals surface area contributed by atoms with Crippen molar-refractivity contribution in [3.8, 4) is 5.75 Å². The van der Waals surface area contributed by atoms with Crippen LogP contribution in [0.4, 0.5) is 10.1 Å². The van der Waals surface area contributed by atoms with Gasteiger partial charge in [-0.05, 0) is 55.0 Å². The van der Waals surface area contributed by atoms with Crippen molar-refractivity contribution in [2.45, 2.75) is 34.9 Å². The molecule has 2 aromatic rings. The molecule has 8 nitrogen and oxygen atoms in total. The van der Waals surface area contributed by atoms with E-state index in [1.807, 2.05) is 0 Å². The lowest BCUT2D eigenvalue weighted by Crippen LogP contribution is -2.60. The first-order valence-corrected chi connectivity index (χ1v) is 13.4. The second-order valence-electron chi connectivity index (χ2n) is 10.6. The van der Waals surface area contributed by atoms with Crippen molar-refractivity contribution in [3.63, 3.8) is 0 Å². The summed E-state index contributed by atoms with van der Waals surface area (Å²) in [5.74, 6) is -8.03. The van der Waals surface area contributed by atoms with Crippen LogP contribution >= 0.6 is 23.2 Å². The highest BCUT2D eigenvalue weighted by molar-refractivity contribution is 6.58. The number of carbonyl (C=O) groups excluding carboxylic acids is 4. The highest BCUT2D eigenvalue weighted by atomic mass is 35.5. The minimum Gasteiger partial charge on any atom is -0.507 e. The summed E-state index contributed by atoms with van der Waals surface area (Å²) in [6, 6.07) is 9.60. The van der Waals surface area contributed by atoms with E-state index in [0.717, 1.165) is 17.0 Å². The van der Waals surface area contributed by atoms with Crippen LogP contribution in [-0.2, 0) is 25.6 Å². The highest BCUT2D eigenvalue weighted by Crippen LogP contribution is 2.66. The summed E-state index contributed by atoms with van der Waals surface area (Å²) in [4.78, 5) is 50.6. The lowest BCUT2D eigenvalue weighted by atomic mass is 9.56. The molecule has 2 aliphatic heterocycles. The first-order valence-electron chi connectivity index (χ1n) is 12.7. The van der Waals surface area contributed by atoms with Gasteiger partial charge in [0.2, 0.25) is 0 Å². The molecule has 0 radical (unpaired) electrons. The third-order valence-corrected chi connectivity index (χ3v) is 10.1. The number of phenols is 1. The average molecular weight is 585 g/mol. The van der Waals surface area contributed by atoms with E-state index in [1.54, 1.807) is 30.4 Å². The summed E-state index contributed by atoms with van der Waals surface area (Å²) in [6.07, 6.45) is 3.37. The molecular formula is C29H23Cl2FN2O6. The van der Waals surface area contributed by atoms with Crippen LogP contribution in [0, 0.1) is 23.6 Å². The summed E-state index contributed by atoms with van der Waals surface area (Å²) in [5.41, 5.74) is 1.23. The number of imide groups is 2. The van der Waals surface area contributed by atoms with Crippen LogP contribution in [0.5, 0.6) is 5.75 Å². The van der Waals surface area contributed by atoms with Gasteiger partial charge in [0.25, 0.3) is 23.6 Å². The Hall–Kier alpha value is -3.53. The number of aromatic hydroxyl groups is 1. The lowest BCUT2D eigenvalue weighted by Gasteiger charge is -2.50. The largest absolute Gasteiger partial charge is 0.507 e. The van der Waals surface area contributed by atoms with E-state index in [4.69, 9.17) is 23.2 Å². The molecule has 2 aliphatic carbocycles. The van der Waals surface area contributed by atoms with Crippen LogP contribution in [0.15, 0.2) is 66.8 Å². The molecule has 2 saturated heterocycles. The predicted octanol–water partition coefficient (Wildman–Crippen LogP) is 4.21. The van der Waals surface area contributed by atoms with Gasteiger partial charge in [-0.25, -0.2) is 9.29 Å². The molecule has 6 atom stereocenters. The zero-order chi connectivity index (χ0) is 28.7. The Morgan fingerprint density at radius 2 is 1.73 bits per heavy atom. The number of hydrogen-bond donors (Lipinski definition) is 2. The number of fused-ring (bicyclic) bond motifs is 4. The Balaban J connectivity index is 1.60. The zero-order valence-corrected chi connectivity index (χ0v) is 22.4. The van der Waals surface area contributed by atoms with E-state index in [-0.39, 0.29) is 34.9 Å². The van der Waals surface area contributed by atoms with Gasteiger partial charge in [0.15, 0.2) is 9.75 Å². The maximum absolute atomic E-state index is 14.2. The SMILES string of the molecule is C=CCc1cccc(C2C3=CCC4C(=O)N(O)C(=O)C4C3CC3(Cl)C(=O)N(c4ccc(F)cc4)C(=O)C23Cl)c1O. The van der Waals surface area contributed by atoms with Crippen molar-refractivity contribution in [1.82, 2.24) is 5.06 Å². The first-order chi connectivity index (χ1) is 19.0. The molecule has 0 bridgehead atoms. The number of carbonyl (C=O) groups is 4. The van der Waals surface area contributed by atoms with E-state index in [2.05, 4.69) is 6.58 Å². The number of para-hydroxylation sites is 1. The molecule has 1 saturated carbocycles. The minimum atomic E-state index is -2.16. The Bertz CT molecular complexity index is 1540. The molecular weight excluding hydrogens is 562 g/mol. The van der Waals surface area contributed by atoms with Crippen LogP contribution in [0.2, 0.25) is 0 Å². The van der Waals surface area contributed by atoms with Gasteiger partial charge in [-0.1, -0.05) is 35.9 Å². The number of nitrogens with zero attached hydrogens (tertiary/aromatic N) is 2. The van der Waals surface area contributed by atoms with Gasteiger partial charge in [0.1, 0.15) is 11.6 Å². The fraction of sp³-hybridized carbons (Fsp3) is 0.310. The summed E-state index contributed by atoms with van der Waals surface area (Å²) < 4.78 is 13.7. The second-order valence-corrected chi connectivity index (χ2v) is 11.8. The summed E-state index contributed by atoms with van der Waals surface area (Å²) in [6.45, 7) is 3.71. The van der Waals surface area contributed by atoms with E-state index < -0.39 is 62.9 Å². The molecule has 6 unspecified atom stereocenters. The zero-order valence-electron chi connectivity index (χ0n) is 20.9. The Kier molecular flexibility index (Phi) is 6.00. The number of halogens is 3. The predicted molar refractivity (Wildman–Crippen MR) is 142 cm³/mol. The molecule has 11 heteroatoms. The van der Waals surface area contributed by atoms with E-state index in [9.17, 15) is 33.9 Å². The van der Waals surface area contributed by atoms with Crippen LogP contribution in [0.3, 0.4) is 0 Å². The summed E-state index contributed by atoms with van der Waals surface area (Å²) in [5, 5.41) is 21.6. The Morgan fingerprint density at radius 3 is 2.40 bits per heavy atom. The molecule has 6 rings (SSSR count). The normalized spacial score (nSPS) is 33.0. The molecule has 2 N–H and O–H groups in total. The number of anilines is 1. The Morgan fingerprint density at radius 1 is 1.02 bits per heavy atom. The molecule has 0 aromatic heterocycles. The molecule has 2 heterocycles. The molecule has 3 fully saturated rings. The van der Waals surface area contributed by atoms with Gasteiger partial charge in [0, 0.05) is 11.5 Å². The lowest BCUT2D eigenvalue weighted by molar-refractivity contribution is -0.173. The van der Waals surface area contributed by atoms with E-state index in [1.165, 1.54) is 12.1 Å². The van der Waals surface area contributed by atoms with Crippen LogP contribution in [-0.4, -0.2) is 48.8 Å². The number of phenolic OH excluding ortho intramolecular Hbond substituents is 1. The first kappa shape index (κ1) is 26.7. The number of allylic oxidation sites excluding steroid dienone is 3. The van der Waals surface area contributed by atoms with Gasteiger partial charge >= 0.3 is 0 Å². The topological polar surface area (TPSA) is 115 Å². The smallest absolute Gasteiger partial charge is 0.258 e. The standard InChI is InChI=1S/C29H23Cl2FN2O6/c1-2-4-14-5-3-6-19(23(14)35)22-17-11-12-18-21(25(37)34(40)24(18)36)20(17)13-28(30)26(38)33(27(39)29(22,28)31)16-9-7-15(32)8-10-16/h2-3,5-11,18,20-22,35,40H,1,4,12-13H2. The number of amides is 4. The second kappa shape index (κ2) is 8.99. The number of benzene rings is 2. The highest BCUT2D eigenvalue weighted by Gasteiger charge is 2.77. The number of hydrogen-bond acceptors (Lipinski definition) is 6. The van der Waals surface area contributed by atoms with E-state index in [0.29, 0.717) is 17.6 Å². The quantitative estimate of drug-likeness (QED) is 0.241. The van der Waals surface area contributed by atoms with Gasteiger partial charge in [-0.3, -0.25) is 24.4 Å². The monoisotopic (exact) mass is 584 g/mol. The summed E-state index contributed by atoms with van der Waals surface area (Å²) >= 11 is 14.4. The molecule has 206 valence electrons. The molecule has 0 spiro atoms. The number of alkyl halides is 2. The van der Waals surface area contributed by atoms with Gasteiger partial charge in [-0.2, -0.15) is 5.06 Å². The maximum atomic E-state index is 14.2. The van der Waals surface area contributed by atoms with Crippen molar-refractivity contribution >= 4 is 52.5 Å².